The third-order valence-corrected chi connectivity index (χ3v) is 3.39. The van der Waals surface area contributed by atoms with Crippen molar-refractivity contribution in [1.82, 2.24) is 0 Å². The summed E-state index contributed by atoms with van der Waals surface area (Å²) in [4.78, 5) is 14.4. The van der Waals surface area contributed by atoms with Crippen LogP contribution in [0.5, 0.6) is 5.75 Å². The molecule has 1 saturated carbocycles. The number of benzene rings is 1. The monoisotopic (exact) mass is 249 g/mol. The normalized spacial score (nSPS) is 16.3. The van der Waals surface area contributed by atoms with Crippen molar-refractivity contribution in [3.8, 4) is 5.75 Å². The standard InChI is InChI=1S/C14H16FNO2/c1-9(2)13-11(14(4-5-14)16-8-17)6-10(15)7-12(13)18-3/h6-7,9H,4-5H2,1-3H3. The van der Waals surface area contributed by atoms with Crippen LogP contribution >= 0.6 is 0 Å². The molecule has 1 aliphatic rings. The first-order valence-corrected chi connectivity index (χ1v) is 6.01. The lowest BCUT2D eigenvalue weighted by Crippen LogP contribution is -2.10. The van der Waals surface area contributed by atoms with Crippen LogP contribution in [0.15, 0.2) is 17.1 Å². The first kappa shape index (κ1) is 12.8. The molecule has 2 rings (SSSR count). The van der Waals surface area contributed by atoms with E-state index in [9.17, 15) is 9.18 Å². The van der Waals surface area contributed by atoms with Gasteiger partial charge in [0.2, 0.25) is 6.08 Å². The molecule has 1 aromatic rings. The van der Waals surface area contributed by atoms with E-state index in [2.05, 4.69) is 4.99 Å². The molecular weight excluding hydrogens is 233 g/mol. The summed E-state index contributed by atoms with van der Waals surface area (Å²) >= 11 is 0. The second-order valence-corrected chi connectivity index (χ2v) is 4.96. The maximum atomic E-state index is 13.6. The summed E-state index contributed by atoms with van der Waals surface area (Å²) in [5, 5.41) is 0. The van der Waals surface area contributed by atoms with Gasteiger partial charge < -0.3 is 4.74 Å². The Morgan fingerprint density at radius 1 is 1.44 bits per heavy atom. The topological polar surface area (TPSA) is 38.7 Å². The van der Waals surface area contributed by atoms with Crippen LogP contribution < -0.4 is 4.74 Å². The maximum absolute atomic E-state index is 13.6. The van der Waals surface area contributed by atoms with Crippen LogP contribution in [0.25, 0.3) is 0 Å². The van der Waals surface area contributed by atoms with Gasteiger partial charge in [-0.25, -0.2) is 9.18 Å². The van der Waals surface area contributed by atoms with Crippen molar-refractivity contribution in [3.63, 3.8) is 0 Å². The molecule has 0 unspecified atom stereocenters. The third kappa shape index (κ3) is 2.04. The van der Waals surface area contributed by atoms with E-state index in [0.717, 1.165) is 24.0 Å². The summed E-state index contributed by atoms with van der Waals surface area (Å²) in [6.45, 7) is 4.03. The van der Waals surface area contributed by atoms with E-state index in [0.29, 0.717) is 5.75 Å². The van der Waals surface area contributed by atoms with Gasteiger partial charge in [-0.05, 0) is 30.4 Å². The highest BCUT2D eigenvalue weighted by Gasteiger charge is 2.47. The van der Waals surface area contributed by atoms with Gasteiger partial charge in [0.05, 0.1) is 12.6 Å². The van der Waals surface area contributed by atoms with Crippen LogP contribution in [0.3, 0.4) is 0 Å². The van der Waals surface area contributed by atoms with E-state index in [-0.39, 0.29) is 11.7 Å². The summed E-state index contributed by atoms with van der Waals surface area (Å²) in [5.74, 6) is 0.334. The Bertz CT molecular complexity index is 515. The fraction of sp³-hybridized carbons (Fsp3) is 0.500. The van der Waals surface area contributed by atoms with E-state index < -0.39 is 5.54 Å². The molecule has 0 saturated heterocycles. The van der Waals surface area contributed by atoms with Gasteiger partial charge in [0.15, 0.2) is 0 Å². The van der Waals surface area contributed by atoms with Crippen molar-refractivity contribution in [2.45, 2.75) is 38.1 Å². The molecule has 0 aliphatic heterocycles. The predicted molar refractivity (Wildman–Crippen MR) is 66.1 cm³/mol. The van der Waals surface area contributed by atoms with E-state index in [1.54, 1.807) is 6.08 Å². The van der Waals surface area contributed by atoms with E-state index in [1.807, 2.05) is 13.8 Å². The number of isocyanates is 1. The van der Waals surface area contributed by atoms with Crippen LogP contribution in [0, 0.1) is 5.82 Å². The number of aliphatic imine (C=N–C) groups is 1. The van der Waals surface area contributed by atoms with Gasteiger partial charge in [-0.3, -0.25) is 0 Å². The number of carbonyl (C=O) groups excluding carboxylic acids is 1. The molecule has 0 heterocycles. The maximum Gasteiger partial charge on any atom is 0.235 e. The van der Waals surface area contributed by atoms with Crippen LogP contribution in [0.1, 0.15) is 43.7 Å². The lowest BCUT2D eigenvalue weighted by molar-refractivity contribution is 0.401. The first-order chi connectivity index (χ1) is 8.54. The Kier molecular flexibility index (Phi) is 3.22. The first-order valence-electron chi connectivity index (χ1n) is 6.01. The van der Waals surface area contributed by atoms with Gasteiger partial charge in [0.25, 0.3) is 0 Å². The highest BCUT2D eigenvalue weighted by atomic mass is 19.1. The van der Waals surface area contributed by atoms with Crippen LogP contribution in [0.2, 0.25) is 0 Å². The molecule has 18 heavy (non-hydrogen) atoms. The molecule has 0 amide bonds. The van der Waals surface area contributed by atoms with Crippen LogP contribution in [-0.4, -0.2) is 13.2 Å². The molecule has 0 radical (unpaired) electrons. The summed E-state index contributed by atoms with van der Waals surface area (Å²) < 4.78 is 18.9. The Morgan fingerprint density at radius 3 is 2.56 bits per heavy atom. The van der Waals surface area contributed by atoms with Crippen molar-refractivity contribution in [2.75, 3.05) is 7.11 Å². The van der Waals surface area contributed by atoms with E-state index >= 15 is 0 Å². The average molecular weight is 249 g/mol. The number of ether oxygens (including phenoxy) is 1. The van der Waals surface area contributed by atoms with Gasteiger partial charge in [-0.1, -0.05) is 13.8 Å². The molecule has 0 bridgehead atoms. The molecule has 0 atom stereocenters. The average Bonchev–Trinajstić information content (AvgIpc) is 3.08. The van der Waals surface area contributed by atoms with Crippen molar-refractivity contribution < 1.29 is 13.9 Å². The lowest BCUT2D eigenvalue weighted by atomic mass is 9.90. The molecule has 4 heteroatoms. The number of halogens is 1. The summed E-state index contributed by atoms with van der Waals surface area (Å²) in [6.07, 6.45) is 3.12. The molecule has 0 aromatic heterocycles. The zero-order valence-electron chi connectivity index (χ0n) is 10.8. The van der Waals surface area contributed by atoms with Crippen LogP contribution in [-0.2, 0) is 10.3 Å². The fourth-order valence-electron chi connectivity index (χ4n) is 2.39. The van der Waals surface area contributed by atoms with Crippen molar-refractivity contribution in [2.24, 2.45) is 4.99 Å². The Hall–Kier alpha value is -1.67. The quantitative estimate of drug-likeness (QED) is 0.606. The molecule has 1 aliphatic carbocycles. The molecule has 96 valence electrons. The van der Waals surface area contributed by atoms with Gasteiger partial charge in [-0.15, -0.1) is 0 Å². The number of nitrogens with zero attached hydrogens (tertiary/aromatic N) is 1. The summed E-state index contributed by atoms with van der Waals surface area (Å²) in [6, 6.07) is 2.84. The second kappa shape index (κ2) is 4.54. The third-order valence-electron chi connectivity index (χ3n) is 3.39. The minimum atomic E-state index is -0.573. The zero-order valence-corrected chi connectivity index (χ0v) is 10.8. The summed E-state index contributed by atoms with van der Waals surface area (Å²) in [5.41, 5.74) is 1.12. The van der Waals surface area contributed by atoms with E-state index in [1.165, 1.54) is 19.2 Å². The van der Waals surface area contributed by atoms with Gasteiger partial charge in [0.1, 0.15) is 11.6 Å². The van der Waals surface area contributed by atoms with Crippen LogP contribution in [0.4, 0.5) is 4.39 Å². The summed E-state index contributed by atoms with van der Waals surface area (Å²) in [7, 11) is 1.52. The Balaban J connectivity index is 2.65. The number of hydrogen-bond donors (Lipinski definition) is 0. The van der Waals surface area contributed by atoms with Crippen molar-refractivity contribution >= 4 is 6.08 Å². The highest BCUT2D eigenvalue weighted by molar-refractivity contribution is 5.51. The second-order valence-electron chi connectivity index (χ2n) is 4.96. The van der Waals surface area contributed by atoms with Gasteiger partial charge in [0, 0.05) is 11.6 Å². The minimum absolute atomic E-state index is 0.176. The Labute approximate surface area is 106 Å². The smallest absolute Gasteiger partial charge is 0.235 e. The molecule has 3 nitrogen and oxygen atoms in total. The van der Waals surface area contributed by atoms with E-state index in [4.69, 9.17) is 4.74 Å². The predicted octanol–water partition coefficient (Wildman–Crippen LogP) is 3.28. The molecule has 1 fully saturated rings. The zero-order chi connectivity index (χ0) is 13.3. The molecule has 0 N–H and O–H groups in total. The van der Waals surface area contributed by atoms with Gasteiger partial charge >= 0.3 is 0 Å². The van der Waals surface area contributed by atoms with Gasteiger partial charge in [-0.2, -0.15) is 4.99 Å². The lowest BCUT2D eigenvalue weighted by Gasteiger charge is -2.20. The SMILES string of the molecule is COc1cc(F)cc(C2(N=C=O)CC2)c1C(C)C. The largest absolute Gasteiger partial charge is 0.496 e. The molecular formula is C14H16FNO2. The number of methoxy groups -OCH3 is 1. The fourth-order valence-corrected chi connectivity index (χ4v) is 2.39. The minimum Gasteiger partial charge on any atom is -0.496 e. The molecule has 0 spiro atoms. The number of hydrogen-bond acceptors (Lipinski definition) is 3. The molecule has 1 aromatic carbocycles. The van der Waals surface area contributed by atoms with Crippen molar-refractivity contribution in [1.29, 1.82) is 0 Å². The Morgan fingerprint density at radius 2 is 2.11 bits per heavy atom. The van der Waals surface area contributed by atoms with Crippen molar-refractivity contribution in [3.05, 3.63) is 29.1 Å². The highest BCUT2D eigenvalue weighted by Crippen LogP contribution is 2.53. The number of rotatable bonds is 4.